The lowest BCUT2D eigenvalue weighted by atomic mass is 9.97. The molecule has 0 aliphatic heterocycles. The Bertz CT molecular complexity index is 952. The Kier molecular flexibility index (Phi) is 5.58. The molecular weight excluding hydrogens is 344 g/mol. The van der Waals surface area contributed by atoms with Crippen LogP contribution in [0.5, 0.6) is 0 Å². The van der Waals surface area contributed by atoms with Gasteiger partial charge in [-0.3, -0.25) is 4.79 Å². The van der Waals surface area contributed by atoms with E-state index >= 15 is 0 Å². The van der Waals surface area contributed by atoms with Gasteiger partial charge in [-0.05, 0) is 44.0 Å². The molecule has 1 atom stereocenters. The van der Waals surface area contributed by atoms with E-state index in [1.807, 2.05) is 62.4 Å². The lowest BCUT2D eigenvalue weighted by Gasteiger charge is -2.17. The molecular formula is C22H23ClN2O. The highest BCUT2D eigenvalue weighted by atomic mass is 35.5. The van der Waals surface area contributed by atoms with E-state index in [2.05, 4.69) is 12.2 Å². The summed E-state index contributed by atoms with van der Waals surface area (Å²) < 4.78 is 0. The summed E-state index contributed by atoms with van der Waals surface area (Å²) in [5.41, 5.74) is 4.07. The predicted octanol–water partition coefficient (Wildman–Crippen LogP) is 5.78. The number of fused-ring (bicyclic) bond motifs is 1. The summed E-state index contributed by atoms with van der Waals surface area (Å²) in [5, 5.41) is 4.65. The van der Waals surface area contributed by atoms with E-state index < -0.39 is 0 Å². The normalized spacial score (nSPS) is 12.2. The molecule has 3 aromatic rings. The minimum Gasteiger partial charge on any atom is -0.350 e. The summed E-state index contributed by atoms with van der Waals surface area (Å²) in [6.45, 7) is 6.11. The zero-order valence-corrected chi connectivity index (χ0v) is 16.1. The van der Waals surface area contributed by atoms with E-state index in [-0.39, 0.29) is 11.9 Å². The van der Waals surface area contributed by atoms with Crippen molar-refractivity contribution in [2.45, 2.75) is 39.7 Å². The largest absolute Gasteiger partial charge is 0.350 e. The Morgan fingerprint density at radius 3 is 2.69 bits per heavy atom. The monoisotopic (exact) mass is 366 g/mol. The average Bonchev–Trinajstić information content (AvgIpc) is 2.61. The highest BCUT2D eigenvalue weighted by Gasteiger charge is 2.20. The summed E-state index contributed by atoms with van der Waals surface area (Å²) in [4.78, 5) is 17.9. The van der Waals surface area contributed by atoms with Crippen LogP contribution >= 0.6 is 11.6 Å². The number of para-hydroxylation sites is 1. The van der Waals surface area contributed by atoms with Gasteiger partial charge in [0.2, 0.25) is 0 Å². The number of halogens is 1. The molecule has 2 aromatic carbocycles. The van der Waals surface area contributed by atoms with E-state index in [4.69, 9.17) is 16.6 Å². The molecule has 1 heterocycles. The van der Waals surface area contributed by atoms with Crippen LogP contribution in [0.25, 0.3) is 22.2 Å². The molecule has 0 unspecified atom stereocenters. The molecule has 3 rings (SSSR count). The Hall–Kier alpha value is -2.39. The van der Waals surface area contributed by atoms with Gasteiger partial charge in [-0.15, -0.1) is 0 Å². The first-order valence-corrected chi connectivity index (χ1v) is 9.35. The van der Waals surface area contributed by atoms with Gasteiger partial charge in [-0.2, -0.15) is 0 Å². The number of amides is 1. The molecule has 0 fully saturated rings. The van der Waals surface area contributed by atoms with Crippen LogP contribution in [0.2, 0.25) is 5.02 Å². The van der Waals surface area contributed by atoms with Gasteiger partial charge in [0.1, 0.15) is 0 Å². The molecule has 26 heavy (non-hydrogen) atoms. The van der Waals surface area contributed by atoms with Crippen LogP contribution in [-0.4, -0.2) is 16.9 Å². The van der Waals surface area contributed by atoms with Gasteiger partial charge >= 0.3 is 0 Å². The fourth-order valence-corrected chi connectivity index (χ4v) is 3.51. The smallest absolute Gasteiger partial charge is 0.252 e. The van der Waals surface area contributed by atoms with Gasteiger partial charge in [0.05, 0.1) is 16.8 Å². The Balaban J connectivity index is 2.17. The quantitative estimate of drug-likeness (QED) is 0.621. The van der Waals surface area contributed by atoms with Crippen molar-refractivity contribution in [3.63, 3.8) is 0 Å². The zero-order chi connectivity index (χ0) is 18.7. The van der Waals surface area contributed by atoms with Crippen molar-refractivity contribution in [2.75, 3.05) is 0 Å². The minimum absolute atomic E-state index is 0.0506. The lowest BCUT2D eigenvalue weighted by Crippen LogP contribution is -2.33. The Labute approximate surface area is 159 Å². The maximum Gasteiger partial charge on any atom is 0.252 e. The number of hydrogen-bond donors (Lipinski definition) is 1. The van der Waals surface area contributed by atoms with Crippen LogP contribution in [0.1, 0.15) is 42.6 Å². The van der Waals surface area contributed by atoms with Gasteiger partial charge in [0.25, 0.3) is 5.91 Å². The summed E-state index contributed by atoms with van der Waals surface area (Å²) in [6, 6.07) is 15.5. The summed E-state index contributed by atoms with van der Waals surface area (Å²) in [5.74, 6) is -0.0506. The van der Waals surface area contributed by atoms with Gasteiger partial charge in [0, 0.05) is 22.0 Å². The third-order valence-corrected chi connectivity index (χ3v) is 4.80. The number of carbonyl (C=O) groups is 1. The lowest BCUT2D eigenvalue weighted by molar-refractivity contribution is 0.0939. The predicted molar refractivity (Wildman–Crippen MR) is 109 cm³/mol. The second kappa shape index (κ2) is 7.88. The summed E-state index contributed by atoms with van der Waals surface area (Å²) in [7, 11) is 0. The van der Waals surface area contributed by atoms with Crippen molar-refractivity contribution in [3.8, 4) is 11.3 Å². The van der Waals surface area contributed by atoms with Crippen LogP contribution in [0.15, 0.2) is 48.5 Å². The van der Waals surface area contributed by atoms with Crippen molar-refractivity contribution in [3.05, 3.63) is 64.7 Å². The van der Waals surface area contributed by atoms with E-state index in [1.165, 1.54) is 0 Å². The molecule has 0 aliphatic rings. The second-order valence-corrected chi connectivity index (χ2v) is 7.09. The van der Waals surface area contributed by atoms with E-state index in [0.29, 0.717) is 10.6 Å². The molecule has 0 spiro atoms. The Morgan fingerprint density at radius 2 is 1.96 bits per heavy atom. The minimum atomic E-state index is -0.0506. The molecule has 4 heteroatoms. The van der Waals surface area contributed by atoms with Crippen LogP contribution < -0.4 is 5.32 Å². The number of benzene rings is 2. The molecule has 0 radical (unpaired) electrons. The van der Waals surface area contributed by atoms with Gasteiger partial charge in [-0.1, -0.05) is 55.3 Å². The van der Waals surface area contributed by atoms with Crippen molar-refractivity contribution in [2.24, 2.45) is 0 Å². The SMILES string of the molecule is CCC[C@H](C)NC(=O)c1c(C)c(-c2cccc(Cl)c2)nc2ccccc12. The highest BCUT2D eigenvalue weighted by molar-refractivity contribution is 6.30. The third kappa shape index (κ3) is 3.73. The number of aromatic nitrogens is 1. The fourth-order valence-electron chi connectivity index (χ4n) is 3.32. The van der Waals surface area contributed by atoms with E-state index in [9.17, 15) is 4.79 Å². The second-order valence-electron chi connectivity index (χ2n) is 6.65. The van der Waals surface area contributed by atoms with E-state index in [1.54, 1.807) is 0 Å². The number of pyridine rings is 1. The molecule has 0 saturated carbocycles. The number of nitrogens with one attached hydrogen (secondary N) is 1. The molecule has 0 aliphatic carbocycles. The van der Waals surface area contributed by atoms with Gasteiger partial charge < -0.3 is 5.32 Å². The van der Waals surface area contributed by atoms with Gasteiger partial charge in [-0.25, -0.2) is 4.98 Å². The molecule has 1 N–H and O–H groups in total. The van der Waals surface area contributed by atoms with Crippen LogP contribution in [-0.2, 0) is 0 Å². The number of hydrogen-bond acceptors (Lipinski definition) is 2. The third-order valence-electron chi connectivity index (χ3n) is 4.56. The fraction of sp³-hybridized carbons (Fsp3) is 0.273. The summed E-state index contributed by atoms with van der Waals surface area (Å²) in [6.07, 6.45) is 1.99. The molecule has 1 amide bonds. The maximum absolute atomic E-state index is 13.1. The molecule has 134 valence electrons. The van der Waals surface area contributed by atoms with Crippen LogP contribution in [0.3, 0.4) is 0 Å². The first-order chi connectivity index (χ1) is 12.5. The molecule has 0 bridgehead atoms. The Morgan fingerprint density at radius 1 is 1.19 bits per heavy atom. The van der Waals surface area contributed by atoms with Crippen molar-refractivity contribution < 1.29 is 4.79 Å². The molecule has 1 aromatic heterocycles. The van der Waals surface area contributed by atoms with Crippen molar-refractivity contribution in [1.82, 2.24) is 10.3 Å². The van der Waals surface area contributed by atoms with Gasteiger partial charge in [0.15, 0.2) is 0 Å². The number of rotatable bonds is 5. The zero-order valence-electron chi connectivity index (χ0n) is 15.3. The van der Waals surface area contributed by atoms with Crippen LogP contribution in [0, 0.1) is 6.92 Å². The van der Waals surface area contributed by atoms with Crippen molar-refractivity contribution in [1.29, 1.82) is 0 Å². The van der Waals surface area contributed by atoms with E-state index in [0.717, 1.165) is 40.6 Å². The highest BCUT2D eigenvalue weighted by Crippen LogP contribution is 2.30. The molecule has 0 saturated heterocycles. The first-order valence-electron chi connectivity index (χ1n) is 8.97. The topological polar surface area (TPSA) is 42.0 Å². The standard InChI is InChI=1S/C22H23ClN2O/c1-4-8-14(2)24-22(26)20-15(3)21(16-9-7-10-17(23)13-16)25-19-12-6-5-11-18(19)20/h5-7,9-14H,4,8H2,1-3H3,(H,24,26)/t14-/m0/s1. The average molecular weight is 367 g/mol. The number of nitrogens with zero attached hydrogens (tertiary/aromatic N) is 1. The summed E-state index contributed by atoms with van der Waals surface area (Å²) >= 11 is 6.16. The maximum atomic E-state index is 13.1. The molecule has 3 nitrogen and oxygen atoms in total. The number of carbonyl (C=O) groups excluding carboxylic acids is 1. The van der Waals surface area contributed by atoms with Crippen LogP contribution in [0.4, 0.5) is 0 Å². The van der Waals surface area contributed by atoms with Crippen molar-refractivity contribution >= 4 is 28.4 Å². The first kappa shape index (κ1) is 18.4.